The molecule has 1 aliphatic rings. The lowest BCUT2D eigenvalue weighted by atomic mass is 10.2. The van der Waals surface area contributed by atoms with Crippen LogP contribution in [0.2, 0.25) is 0 Å². The minimum absolute atomic E-state index is 0.119. The molecule has 1 fully saturated rings. The van der Waals surface area contributed by atoms with Gasteiger partial charge in [0.25, 0.3) is 0 Å². The monoisotopic (exact) mass is 171 g/mol. The van der Waals surface area contributed by atoms with Gasteiger partial charge < -0.3 is 10.4 Å². The third-order valence-corrected chi connectivity index (χ3v) is 2.09. The van der Waals surface area contributed by atoms with Gasteiger partial charge in [-0.2, -0.15) is 0 Å². The first-order chi connectivity index (χ1) is 5.65. The maximum atomic E-state index is 10.6. The summed E-state index contributed by atoms with van der Waals surface area (Å²) in [5.74, 6) is -1.76. The minimum atomic E-state index is -1.39. The molecular formula is C8H13NO3. The Morgan fingerprint density at radius 3 is 2.75 bits per heavy atom. The Labute approximate surface area is 71.0 Å². The molecule has 0 radical (unpaired) electrons. The zero-order valence-electron chi connectivity index (χ0n) is 7.04. The molecule has 2 atom stereocenters. The van der Waals surface area contributed by atoms with Gasteiger partial charge in [0.05, 0.1) is 0 Å². The average Bonchev–Trinajstić information content (AvgIpc) is 2.68. The number of carboxylic acid groups (broad SMARTS) is 1. The average molecular weight is 171 g/mol. The molecule has 2 N–H and O–H groups in total. The first kappa shape index (κ1) is 9.03. The van der Waals surface area contributed by atoms with Crippen molar-refractivity contribution in [3.8, 4) is 0 Å². The van der Waals surface area contributed by atoms with E-state index < -0.39 is 11.9 Å². The summed E-state index contributed by atoms with van der Waals surface area (Å²) in [4.78, 5) is 20.7. The standard InChI is InChI=1S/C8H13NO3/c1-2-3-5-4-6(5)9-7(10)8(11)12/h5-6H,2-4H2,1H3,(H,9,10)(H,11,12). The van der Waals surface area contributed by atoms with Gasteiger partial charge in [-0.05, 0) is 18.8 Å². The highest BCUT2D eigenvalue weighted by Gasteiger charge is 2.38. The molecule has 1 saturated carbocycles. The van der Waals surface area contributed by atoms with Crippen molar-refractivity contribution in [2.75, 3.05) is 0 Å². The largest absolute Gasteiger partial charge is 0.474 e. The van der Waals surface area contributed by atoms with Crippen molar-refractivity contribution in [1.82, 2.24) is 5.32 Å². The summed E-state index contributed by atoms with van der Waals surface area (Å²) in [6.45, 7) is 2.08. The van der Waals surface area contributed by atoms with E-state index >= 15 is 0 Å². The minimum Gasteiger partial charge on any atom is -0.474 e. The molecule has 1 rings (SSSR count). The molecule has 4 heteroatoms. The van der Waals surface area contributed by atoms with Crippen molar-refractivity contribution in [3.63, 3.8) is 0 Å². The van der Waals surface area contributed by atoms with E-state index in [0.29, 0.717) is 5.92 Å². The van der Waals surface area contributed by atoms with Gasteiger partial charge in [0.15, 0.2) is 0 Å². The fraction of sp³-hybridized carbons (Fsp3) is 0.750. The van der Waals surface area contributed by atoms with Gasteiger partial charge in [0.1, 0.15) is 0 Å². The van der Waals surface area contributed by atoms with Crippen molar-refractivity contribution in [2.45, 2.75) is 32.2 Å². The van der Waals surface area contributed by atoms with E-state index in [1.165, 1.54) is 0 Å². The molecule has 2 unspecified atom stereocenters. The number of rotatable bonds is 3. The highest BCUT2D eigenvalue weighted by Crippen LogP contribution is 2.34. The second-order valence-corrected chi connectivity index (χ2v) is 3.17. The van der Waals surface area contributed by atoms with E-state index in [9.17, 15) is 9.59 Å². The van der Waals surface area contributed by atoms with E-state index in [-0.39, 0.29) is 6.04 Å². The zero-order chi connectivity index (χ0) is 9.14. The van der Waals surface area contributed by atoms with Gasteiger partial charge in [0, 0.05) is 6.04 Å². The number of hydrogen-bond donors (Lipinski definition) is 2. The number of carbonyl (C=O) groups is 2. The normalized spacial score (nSPS) is 26.4. The van der Waals surface area contributed by atoms with Crippen molar-refractivity contribution in [1.29, 1.82) is 0 Å². The van der Waals surface area contributed by atoms with Crippen LogP contribution in [0.15, 0.2) is 0 Å². The molecule has 4 nitrogen and oxygen atoms in total. The predicted octanol–water partition coefficient (Wildman–Crippen LogP) is 0.376. The quantitative estimate of drug-likeness (QED) is 0.603. The molecule has 1 aliphatic carbocycles. The van der Waals surface area contributed by atoms with E-state index in [1.54, 1.807) is 0 Å². The second kappa shape index (κ2) is 3.56. The molecule has 0 aromatic carbocycles. The Hall–Kier alpha value is -1.06. The number of hydrogen-bond acceptors (Lipinski definition) is 2. The molecular weight excluding hydrogens is 158 g/mol. The van der Waals surface area contributed by atoms with Crippen LogP contribution in [-0.4, -0.2) is 23.0 Å². The van der Waals surface area contributed by atoms with Gasteiger partial charge in [-0.25, -0.2) is 4.79 Å². The van der Waals surface area contributed by atoms with Crippen LogP contribution in [0.25, 0.3) is 0 Å². The second-order valence-electron chi connectivity index (χ2n) is 3.17. The molecule has 0 aromatic heterocycles. The van der Waals surface area contributed by atoms with Crippen LogP contribution in [0.1, 0.15) is 26.2 Å². The molecule has 1 amide bonds. The van der Waals surface area contributed by atoms with Crippen LogP contribution < -0.4 is 5.32 Å². The van der Waals surface area contributed by atoms with Gasteiger partial charge >= 0.3 is 11.9 Å². The fourth-order valence-corrected chi connectivity index (χ4v) is 1.34. The van der Waals surface area contributed by atoms with Crippen molar-refractivity contribution in [2.24, 2.45) is 5.92 Å². The first-order valence-corrected chi connectivity index (χ1v) is 4.19. The Bertz CT molecular complexity index is 202. The van der Waals surface area contributed by atoms with Gasteiger partial charge in [-0.1, -0.05) is 13.3 Å². The van der Waals surface area contributed by atoms with E-state index in [2.05, 4.69) is 12.2 Å². The lowest BCUT2D eigenvalue weighted by molar-refractivity contribution is -0.150. The van der Waals surface area contributed by atoms with Crippen molar-refractivity contribution < 1.29 is 14.7 Å². The van der Waals surface area contributed by atoms with Gasteiger partial charge in [-0.3, -0.25) is 4.79 Å². The van der Waals surface area contributed by atoms with E-state index in [0.717, 1.165) is 19.3 Å². The maximum absolute atomic E-state index is 10.6. The van der Waals surface area contributed by atoms with Crippen LogP contribution >= 0.6 is 0 Å². The molecule has 0 aromatic rings. The SMILES string of the molecule is CCCC1CC1NC(=O)C(=O)O. The summed E-state index contributed by atoms with van der Waals surface area (Å²) in [7, 11) is 0. The van der Waals surface area contributed by atoms with Crippen molar-refractivity contribution in [3.05, 3.63) is 0 Å². The molecule has 12 heavy (non-hydrogen) atoms. The molecule has 68 valence electrons. The Kier molecular flexibility index (Phi) is 2.68. The third kappa shape index (κ3) is 2.22. The Morgan fingerprint density at radius 2 is 2.25 bits per heavy atom. The molecule has 0 saturated heterocycles. The summed E-state index contributed by atoms with van der Waals surface area (Å²) < 4.78 is 0. The summed E-state index contributed by atoms with van der Waals surface area (Å²) in [6.07, 6.45) is 3.10. The van der Waals surface area contributed by atoms with Crippen LogP contribution in [-0.2, 0) is 9.59 Å². The Balaban J connectivity index is 2.19. The summed E-state index contributed by atoms with van der Waals surface area (Å²) >= 11 is 0. The highest BCUT2D eigenvalue weighted by molar-refractivity contribution is 6.31. The van der Waals surface area contributed by atoms with Crippen LogP contribution in [0.5, 0.6) is 0 Å². The van der Waals surface area contributed by atoms with Crippen LogP contribution in [0, 0.1) is 5.92 Å². The highest BCUT2D eigenvalue weighted by atomic mass is 16.4. The third-order valence-electron chi connectivity index (χ3n) is 2.09. The predicted molar refractivity (Wildman–Crippen MR) is 42.6 cm³/mol. The molecule has 0 heterocycles. The fourth-order valence-electron chi connectivity index (χ4n) is 1.34. The smallest absolute Gasteiger partial charge is 0.394 e. The first-order valence-electron chi connectivity index (χ1n) is 4.19. The van der Waals surface area contributed by atoms with Crippen molar-refractivity contribution >= 4 is 11.9 Å². The number of nitrogens with one attached hydrogen (secondary N) is 1. The van der Waals surface area contributed by atoms with Crippen LogP contribution in [0.4, 0.5) is 0 Å². The Morgan fingerprint density at radius 1 is 1.58 bits per heavy atom. The number of aliphatic carboxylic acids is 1. The zero-order valence-corrected chi connectivity index (χ0v) is 7.04. The molecule has 0 spiro atoms. The van der Waals surface area contributed by atoms with Crippen LogP contribution in [0.3, 0.4) is 0 Å². The van der Waals surface area contributed by atoms with Gasteiger partial charge in [-0.15, -0.1) is 0 Å². The number of carbonyl (C=O) groups excluding carboxylic acids is 1. The lowest BCUT2D eigenvalue weighted by Crippen LogP contribution is -2.33. The van der Waals surface area contributed by atoms with E-state index in [1.807, 2.05) is 0 Å². The molecule has 0 bridgehead atoms. The maximum Gasteiger partial charge on any atom is 0.394 e. The number of carboxylic acids is 1. The molecule has 0 aliphatic heterocycles. The van der Waals surface area contributed by atoms with Gasteiger partial charge in [0.2, 0.25) is 0 Å². The summed E-state index contributed by atoms with van der Waals surface area (Å²) in [5, 5.41) is 10.7. The summed E-state index contributed by atoms with van der Waals surface area (Å²) in [5.41, 5.74) is 0. The summed E-state index contributed by atoms with van der Waals surface area (Å²) in [6, 6.07) is 0.119. The topological polar surface area (TPSA) is 66.4 Å². The number of amides is 1. The lowest BCUT2D eigenvalue weighted by Gasteiger charge is -1.98. The van der Waals surface area contributed by atoms with E-state index in [4.69, 9.17) is 5.11 Å².